The molecule has 7 heteroatoms. The fourth-order valence-electron chi connectivity index (χ4n) is 5.55. The number of aryl methyl sites for hydroxylation is 1. The molecule has 2 aliphatic rings. The normalized spacial score (nSPS) is 17.7. The Morgan fingerprint density at radius 2 is 1.97 bits per heavy atom. The Hall–Kier alpha value is -2.49. The van der Waals surface area contributed by atoms with Gasteiger partial charge in [0.2, 0.25) is 5.91 Å². The third-order valence-corrected chi connectivity index (χ3v) is 9.04. The van der Waals surface area contributed by atoms with Crippen molar-refractivity contribution in [1.29, 1.82) is 5.26 Å². The highest BCUT2D eigenvalue weighted by molar-refractivity contribution is 7.99. The summed E-state index contributed by atoms with van der Waals surface area (Å²) in [6.45, 7) is 5.47. The van der Waals surface area contributed by atoms with Gasteiger partial charge in [0.25, 0.3) is 0 Å². The van der Waals surface area contributed by atoms with Crippen molar-refractivity contribution < 1.29 is 9.18 Å². The molecule has 5 rings (SSSR count). The van der Waals surface area contributed by atoms with Gasteiger partial charge in [-0.3, -0.25) is 4.79 Å². The number of carbonyl (C=O) groups is 1. The number of halogens is 2. The Balaban J connectivity index is 1.42. The van der Waals surface area contributed by atoms with Crippen molar-refractivity contribution in [3.63, 3.8) is 0 Å². The van der Waals surface area contributed by atoms with Gasteiger partial charge in [-0.2, -0.15) is 5.26 Å². The van der Waals surface area contributed by atoms with E-state index in [2.05, 4.69) is 12.1 Å². The fraction of sp³-hybridized carbons (Fsp3) is 0.407. The molecule has 4 nitrogen and oxygen atoms in total. The van der Waals surface area contributed by atoms with E-state index in [1.54, 1.807) is 22.4 Å². The van der Waals surface area contributed by atoms with Gasteiger partial charge in [-0.25, -0.2) is 4.39 Å². The van der Waals surface area contributed by atoms with Crippen LogP contribution in [0.25, 0.3) is 10.9 Å². The second-order valence-electron chi connectivity index (χ2n) is 9.79. The van der Waals surface area contributed by atoms with Crippen LogP contribution in [0, 0.1) is 42.3 Å². The predicted octanol–water partition coefficient (Wildman–Crippen LogP) is 6.74. The highest BCUT2D eigenvalue weighted by Crippen LogP contribution is 2.52. The second-order valence-corrected chi connectivity index (χ2v) is 11.3. The van der Waals surface area contributed by atoms with Crippen molar-refractivity contribution in [2.75, 3.05) is 13.1 Å². The maximum atomic E-state index is 15.3. The number of hydrogen-bond acceptors (Lipinski definition) is 3. The number of rotatable bonds is 4. The smallest absolute Gasteiger partial charge is 0.242 e. The van der Waals surface area contributed by atoms with Crippen molar-refractivity contribution in [3.8, 4) is 6.07 Å². The topological polar surface area (TPSA) is 49.0 Å². The molecule has 1 spiro atoms. The van der Waals surface area contributed by atoms with E-state index in [1.807, 2.05) is 43.0 Å². The van der Waals surface area contributed by atoms with Crippen molar-refractivity contribution in [2.45, 2.75) is 55.9 Å². The zero-order valence-electron chi connectivity index (χ0n) is 19.4. The molecule has 2 fully saturated rings. The van der Waals surface area contributed by atoms with Gasteiger partial charge in [-0.15, -0.1) is 0 Å². The summed E-state index contributed by atoms with van der Waals surface area (Å²) >= 11 is 7.74. The summed E-state index contributed by atoms with van der Waals surface area (Å²) in [4.78, 5) is 17.2. The Labute approximate surface area is 208 Å². The molecule has 3 aromatic rings. The van der Waals surface area contributed by atoms with Crippen LogP contribution < -0.4 is 0 Å². The number of amides is 1. The monoisotopic (exact) mass is 495 g/mol. The number of likely N-dealkylation sites (tertiary alicyclic amines) is 1. The molecule has 1 aliphatic carbocycles. The van der Waals surface area contributed by atoms with Gasteiger partial charge in [0.1, 0.15) is 6.54 Å². The molecule has 0 bridgehead atoms. The first-order valence-electron chi connectivity index (χ1n) is 11.7. The number of benzene rings is 2. The number of piperidine rings is 1. The minimum Gasteiger partial charge on any atom is -0.341 e. The molecule has 34 heavy (non-hydrogen) atoms. The lowest BCUT2D eigenvalue weighted by Gasteiger charge is -2.50. The van der Waals surface area contributed by atoms with Gasteiger partial charge in [-0.1, -0.05) is 41.1 Å². The summed E-state index contributed by atoms with van der Waals surface area (Å²) < 4.78 is 17.0. The van der Waals surface area contributed by atoms with Gasteiger partial charge >= 0.3 is 0 Å². The highest BCUT2D eigenvalue weighted by atomic mass is 35.5. The molecular weight excluding hydrogens is 469 g/mol. The first-order chi connectivity index (χ1) is 16.3. The molecule has 1 aromatic heterocycles. The van der Waals surface area contributed by atoms with E-state index in [9.17, 15) is 4.79 Å². The molecule has 0 radical (unpaired) electrons. The summed E-state index contributed by atoms with van der Waals surface area (Å²) in [5.74, 6) is -0.313. The summed E-state index contributed by atoms with van der Waals surface area (Å²) in [5, 5.41) is 9.94. The molecule has 0 N–H and O–H groups in total. The molecule has 0 unspecified atom stereocenters. The Kier molecular flexibility index (Phi) is 6.12. The lowest BCUT2D eigenvalue weighted by atomic mass is 9.58. The summed E-state index contributed by atoms with van der Waals surface area (Å²) in [7, 11) is 0. The lowest BCUT2D eigenvalue weighted by molar-refractivity contribution is -0.135. The van der Waals surface area contributed by atoms with Gasteiger partial charge in [-0.05, 0) is 69.2 Å². The molecule has 0 atom stereocenters. The summed E-state index contributed by atoms with van der Waals surface area (Å²) in [6, 6.07) is 14.0. The van der Waals surface area contributed by atoms with Crippen LogP contribution in [0.3, 0.4) is 0 Å². The van der Waals surface area contributed by atoms with Crippen LogP contribution in [0.4, 0.5) is 4.39 Å². The van der Waals surface area contributed by atoms with E-state index in [0.717, 1.165) is 52.1 Å². The zero-order valence-corrected chi connectivity index (χ0v) is 21.0. The Morgan fingerprint density at radius 1 is 1.24 bits per heavy atom. The van der Waals surface area contributed by atoms with E-state index in [1.165, 1.54) is 0 Å². The Bertz CT molecular complexity index is 1310. The van der Waals surface area contributed by atoms with Crippen molar-refractivity contribution in [3.05, 3.63) is 58.5 Å². The maximum Gasteiger partial charge on any atom is 0.242 e. The molecule has 1 amide bonds. The molecule has 2 aromatic carbocycles. The third-order valence-electron chi connectivity index (χ3n) is 7.54. The SMILES string of the molecule is Cc1cccc(Sc2c(C)n(CC(=O)N3CCC4(CC3)CC(C#N)C4)c3c(F)c(Cl)ccc23)c1. The Morgan fingerprint density at radius 3 is 2.65 bits per heavy atom. The van der Waals surface area contributed by atoms with Crippen LogP contribution in [-0.4, -0.2) is 28.5 Å². The van der Waals surface area contributed by atoms with Crippen molar-refractivity contribution in [2.24, 2.45) is 11.3 Å². The number of aromatic nitrogens is 1. The van der Waals surface area contributed by atoms with E-state index in [-0.39, 0.29) is 28.8 Å². The molecule has 1 saturated carbocycles. The van der Waals surface area contributed by atoms with Gasteiger partial charge in [0.05, 0.1) is 16.6 Å². The number of hydrogen-bond donors (Lipinski definition) is 0. The van der Waals surface area contributed by atoms with E-state index in [4.69, 9.17) is 16.9 Å². The number of carbonyl (C=O) groups excluding carboxylic acids is 1. The van der Waals surface area contributed by atoms with Gasteiger partial charge < -0.3 is 9.47 Å². The largest absolute Gasteiger partial charge is 0.341 e. The third kappa shape index (κ3) is 4.10. The van der Waals surface area contributed by atoms with E-state index >= 15 is 4.39 Å². The van der Waals surface area contributed by atoms with E-state index in [0.29, 0.717) is 18.6 Å². The number of fused-ring (bicyclic) bond motifs is 1. The van der Waals surface area contributed by atoms with Crippen LogP contribution in [0.1, 0.15) is 36.9 Å². The summed E-state index contributed by atoms with van der Waals surface area (Å²) in [6.07, 6.45) is 3.79. The predicted molar refractivity (Wildman–Crippen MR) is 134 cm³/mol. The molecule has 1 saturated heterocycles. The second kappa shape index (κ2) is 8.94. The molecular formula is C27H27ClFN3OS. The van der Waals surface area contributed by atoms with E-state index < -0.39 is 5.82 Å². The first kappa shape index (κ1) is 23.3. The highest BCUT2D eigenvalue weighted by Gasteiger charge is 2.46. The minimum atomic E-state index is -0.485. The number of nitriles is 1. The molecule has 1 aliphatic heterocycles. The van der Waals surface area contributed by atoms with Crippen LogP contribution in [0.5, 0.6) is 0 Å². The van der Waals surface area contributed by atoms with Crippen LogP contribution in [0.2, 0.25) is 5.02 Å². The average molecular weight is 496 g/mol. The van der Waals surface area contributed by atoms with Crippen molar-refractivity contribution in [1.82, 2.24) is 9.47 Å². The average Bonchev–Trinajstić information content (AvgIpc) is 3.06. The molecule has 2 heterocycles. The van der Waals surface area contributed by atoms with Gasteiger partial charge in [0.15, 0.2) is 5.82 Å². The number of nitrogens with zero attached hydrogens (tertiary/aromatic N) is 3. The zero-order chi connectivity index (χ0) is 24.0. The lowest BCUT2D eigenvalue weighted by Crippen LogP contribution is -2.49. The van der Waals surface area contributed by atoms with Crippen LogP contribution in [0.15, 0.2) is 46.2 Å². The quantitative estimate of drug-likeness (QED) is 0.402. The molecule has 176 valence electrons. The van der Waals surface area contributed by atoms with Gasteiger partial charge in [0, 0.05) is 39.9 Å². The van der Waals surface area contributed by atoms with Crippen LogP contribution >= 0.6 is 23.4 Å². The van der Waals surface area contributed by atoms with Crippen LogP contribution in [-0.2, 0) is 11.3 Å². The standard InChI is InChI=1S/C27H27ClFN3OS/c1-17-4-3-5-20(12-17)34-26-18(2)32(25-21(26)6-7-22(28)24(25)29)16-23(33)31-10-8-27(9-11-31)13-19(14-27)15-30/h3-7,12,19H,8-11,13-14,16H2,1-2H3. The fourth-order valence-corrected chi connectivity index (χ4v) is 6.86. The minimum absolute atomic E-state index is 0.00233. The maximum absolute atomic E-state index is 15.3. The van der Waals surface area contributed by atoms with Crippen molar-refractivity contribution >= 4 is 40.2 Å². The first-order valence-corrected chi connectivity index (χ1v) is 12.9. The summed E-state index contributed by atoms with van der Waals surface area (Å²) in [5.41, 5.74) is 2.65.